The summed E-state index contributed by atoms with van der Waals surface area (Å²) in [5, 5.41) is 0. The molecule has 2 aliphatic heterocycles. The topological polar surface area (TPSA) is 40.6 Å². The number of nitrogens with zero attached hydrogens (tertiary/aromatic N) is 2. The third-order valence-corrected chi connectivity index (χ3v) is 5.67. The Balaban J connectivity index is 1.54. The smallest absolute Gasteiger partial charge is 0.253 e. The Hall–Kier alpha value is -1.36. The highest BCUT2D eigenvalue weighted by Crippen LogP contribution is 2.23. The summed E-state index contributed by atoms with van der Waals surface area (Å²) in [5.41, 5.74) is 0.718. The number of hydrogen-bond donors (Lipinski definition) is 0. The van der Waals surface area contributed by atoms with E-state index in [1.807, 2.05) is 29.2 Å². The summed E-state index contributed by atoms with van der Waals surface area (Å²) in [5.74, 6) is 0.480. The van der Waals surface area contributed by atoms with Crippen molar-refractivity contribution in [2.45, 2.75) is 38.5 Å². The predicted molar refractivity (Wildman–Crippen MR) is 97.8 cm³/mol. The maximum absolute atomic E-state index is 12.7. The van der Waals surface area contributed by atoms with Gasteiger partial charge in [0.25, 0.3) is 5.91 Å². The van der Waals surface area contributed by atoms with E-state index in [2.05, 4.69) is 20.8 Å². The molecule has 2 aliphatic rings. The van der Waals surface area contributed by atoms with Crippen molar-refractivity contribution in [1.82, 2.24) is 9.80 Å². The molecule has 2 saturated heterocycles. The number of halogens is 1. The molecule has 3 rings (SSSR count). The van der Waals surface area contributed by atoms with Gasteiger partial charge in [0.05, 0.1) is 0 Å². The van der Waals surface area contributed by atoms with Crippen molar-refractivity contribution in [2.24, 2.45) is 5.92 Å². The van der Waals surface area contributed by atoms with E-state index in [-0.39, 0.29) is 11.8 Å². The molecule has 5 heteroatoms. The molecule has 0 unspecified atom stereocenters. The zero-order valence-corrected chi connectivity index (χ0v) is 15.6. The molecule has 1 aromatic rings. The Bertz CT molecular complexity index is 572. The van der Waals surface area contributed by atoms with Crippen LogP contribution in [0, 0.1) is 5.92 Å². The van der Waals surface area contributed by atoms with E-state index in [0.717, 1.165) is 48.8 Å². The van der Waals surface area contributed by atoms with Crippen LogP contribution in [0.15, 0.2) is 28.7 Å². The fourth-order valence-corrected chi connectivity index (χ4v) is 3.92. The van der Waals surface area contributed by atoms with Crippen LogP contribution in [0.1, 0.15) is 48.9 Å². The van der Waals surface area contributed by atoms with Gasteiger partial charge in [0.15, 0.2) is 0 Å². The average molecular weight is 393 g/mol. The minimum atomic E-state index is 0.0724. The maximum atomic E-state index is 12.7. The van der Waals surface area contributed by atoms with Crippen LogP contribution in [0.2, 0.25) is 0 Å². The normalized spacial score (nSPS) is 19.9. The van der Waals surface area contributed by atoms with E-state index < -0.39 is 0 Å². The Kier molecular flexibility index (Phi) is 5.93. The molecule has 0 aliphatic carbocycles. The number of rotatable bonds is 2. The summed E-state index contributed by atoms with van der Waals surface area (Å²) in [6, 6.07) is 7.48. The molecule has 24 heavy (non-hydrogen) atoms. The third kappa shape index (κ3) is 4.18. The van der Waals surface area contributed by atoms with Crippen LogP contribution in [-0.4, -0.2) is 47.8 Å². The van der Waals surface area contributed by atoms with Crippen molar-refractivity contribution in [1.29, 1.82) is 0 Å². The third-order valence-electron chi connectivity index (χ3n) is 5.14. The molecule has 0 atom stereocenters. The van der Waals surface area contributed by atoms with Crippen molar-refractivity contribution >= 4 is 27.7 Å². The number of carbonyl (C=O) groups is 2. The Labute approximate surface area is 152 Å². The zero-order chi connectivity index (χ0) is 16.9. The molecule has 4 nitrogen and oxygen atoms in total. The largest absolute Gasteiger partial charge is 0.342 e. The van der Waals surface area contributed by atoms with E-state index in [4.69, 9.17) is 0 Å². The fourth-order valence-electron chi connectivity index (χ4n) is 3.65. The van der Waals surface area contributed by atoms with Gasteiger partial charge < -0.3 is 9.80 Å². The van der Waals surface area contributed by atoms with Crippen LogP contribution in [0.4, 0.5) is 0 Å². The van der Waals surface area contributed by atoms with E-state index in [1.165, 1.54) is 12.8 Å². The number of piperidine rings is 1. The monoisotopic (exact) mass is 392 g/mol. The van der Waals surface area contributed by atoms with Gasteiger partial charge in [0.2, 0.25) is 5.91 Å². The first-order chi connectivity index (χ1) is 11.6. The van der Waals surface area contributed by atoms with E-state index in [1.54, 1.807) is 0 Å². The van der Waals surface area contributed by atoms with Gasteiger partial charge in [-0.3, -0.25) is 9.59 Å². The molecule has 0 N–H and O–H groups in total. The molecule has 2 amide bonds. The number of carbonyl (C=O) groups excluding carboxylic acids is 2. The lowest BCUT2D eigenvalue weighted by Gasteiger charge is -2.34. The van der Waals surface area contributed by atoms with E-state index >= 15 is 0 Å². The summed E-state index contributed by atoms with van der Waals surface area (Å²) >= 11 is 3.39. The predicted octanol–water partition coefficient (Wildman–Crippen LogP) is 3.70. The lowest BCUT2D eigenvalue weighted by Crippen LogP contribution is -2.44. The molecule has 1 aromatic carbocycles. The molecule has 0 spiro atoms. The van der Waals surface area contributed by atoms with Crippen molar-refractivity contribution in [3.63, 3.8) is 0 Å². The highest BCUT2D eigenvalue weighted by molar-refractivity contribution is 9.10. The van der Waals surface area contributed by atoms with Crippen molar-refractivity contribution < 1.29 is 9.59 Å². The SMILES string of the molecule is O=C(c1ccc(Br)cc1)N1CCC(C(=O)N2CCCCCC2)CC1. The van der Waals surface area contributed by atoms with Gasteiger partial charge in [-0.15, -0.1) is 0 Å². The summed E-state index contributed by atoms with van der Waals surface area (Å²) < 4.78 is 0.973. The molecule has 0 radical (unpaired) electrons. The van der Waals surface area contributed by atoms with Crippen LogP contribution in [0.25, 0.3) is 0 Å². The van der Waals surface area contributed by atoms with Crippen LogP contribution >= 0.6 is 15.9 Å². The number of likely N-dealkylation sites (tertiary alicyclic amines) is 2. The van der Waals surface area contributed by atoms with Crippen molar-refractivity contribution in [3.05, 3.63) is 34.3 Å². The maximum Gasteiger partial charge on any atom is 0.253 e. The molecule has 2 fully saturated rings. The Morgan fingerprint density at radius 1 is 0.833 bits per heavy atom. The quantitative estimate of drug-likeness (QED) is 0.769. The van der Waals surface area contributed by atoms with Crippen LogP contribution in [0.3, 0.4) is 0 Å². The van der Waals surface area contributed by atoms with E-state index in [9.17, 15) is 9.59 Å². The Morgan fingerprint density at radius 2 is 1.42 bits per heavy atom. The highest BCUT2D eigenvalue weighted by Gasteiger charge is 2.30. The Morgan fingerprint density at radius 3 is 2.00 bits per heavy atom. The molecule has 0 aromatic heterocycles. The highest BCUT2D eigenvalue weighted by atomic mass is 79.9. The number of benzene rings is 1. The summed E-state index contributed by atoms with van der Waals surface area (Å²) in [6.07, 6.45) is 6.32. The molecule has 0 bridgehead atoms. The second-order valence-corrected chi connectivity index (χ2v) is 7.73. The number of hydrogen-bond acceptors (Lipinski definition) is 2. The standard InChI is InChI=1S/C19H25BrN2O2/c20-17-7-5-15(6-8-17)18(23)22-13-9-16(10-14-22)19(24)21-11-3-1-2-4-12-21/h5-8,16H,1-4,9-14H2. The van der Waals surface area contributed by atoms with Gasteiger partial charge in [-0.05, 0) is 49.9 Å². The summed E-state index contributed by atoms with van der Waals surface area (Å²) in [6.45, 7) is 3.19. The minimum Gasteiger partial charge on any atom is -0.342 e. The summed E-state index contributed by atoms with van der Waals surface area (Å²) in [4.78, 5) is 29.2. The van der Waals surface area contributed by atoms with Gasteiger partial charge in [-0.2, -0.15) is 0 Å². The minimum absolute atomic E-state index is 0.0724. The fraction of sp³-hybridized carbons (Fsp3) is 0.579. The van der Waals surface area contributed by atoms with Crippen LogP contribution in [-0.2, 0) is 4.79 Å². The van der Waals surface area contributed by atoms with Gasteiger partial charge in [0.1, 0.15) is 0 Å². The first kappa shape index (κ1) is 17.5. The van der Waals surface area contributed by atoms with Crippen molar-refractivity contribution in [2.75, 3.05) is 26.2 Å². The summed E-state index contributed by atoms with van der Waals surface area (Å²) in [7, 11) is 0. The van der Waals surface area contributed by atoms with Gasteiger partial charge >= 0.3 is 0 Å². The van der Waals surface area contributed by atoms with Crippen LogP contribution < -0.4 is 0 Å². The second kappa shape index (κ2) is 8.15. The molecule has 0 saturated carbocycles. The van der Waals surface area contributed by atoms with Gasteiger partial charge in [0, 0.05) is 42.1 Å². The van der Waals surface area contributed by atoms with Crippen LogP contribution in [0.5, 0.6) is 0 Å². The molecule has 2 heterocycles. The van der Waals surface area contributed by atoms with Gasteiger partial charge in [-0.25, -0.2) is 0 Å². The lowest BCUT2D eigenvalue weighted by molar-refractivity contribution is -0.136. The van der Waals surface area contributed by atoms with E-state index in [0.29, 0.717) is 19.0 Å². The second-order valence-electron chi connectivity index (χ2n) is 6.81. The van der Waals surface area contributed by atoms with Crippen molar-refractivity contribution in [3.8, 4) is 0 Å². The van der Waals surface area contributed by atoms with Gasteiger partial charge in [-0.1, -0.05) is 28.8 Å². The lowest BCUT2D eigenvalue weighted by atomic mass is 9.94. The first-order valence-electron chi connectivity index (χ1n) is 8.99. The zero-order valence-electron chi connectivity index (χ0n) is 14.0. The number of amides is 2. The average Bonchev–Trinajstić information content (AvgIpc) is 2.91. The molecular weight excluding hydrogens is 368 g/mol. The molecule has 130 valence electrons. The molecular formula is C19H25BrN2O2. The first-order valence-corrected chi connectivity index (χ1v) is 9.78.